The van der Waals surface area contributed by atoms with Gasteiger partial charge in [-0.2, -0.15) is 0 Å². The van der Waals surface area contributed by atoms with Crippen LogP contribution in [0, 0.1) is 0 Å². The fraction of sp³-hybridized carbons (Fsp3) is 0.909. The van der Waals surface area contributed by atoms with Crippen LogP contribution >= 0.6 is 0 Å². The van der Waals surface area contributed by atoms with E-state index in [1.54, 1.807) is 0 Å². The van der Waals surface area contributed by atoms with Gasteiger partial charge in [0.05, 0.1) is 0 Å². The number of carbonyl (C=O) groups excluding carboxylic acids is 1. The number of nitrogens with one attached hydrogen (secondary N) is 1. The van der Waals surface area contributed by atoms with E-state index in [9.17, 15) is 4.79 Å². The van der Waals surface area contributed by atoms with Crippen LogP contribution in [0.2, 0.25) is 0 Å². The van der Waals surface area contributed by atoms with Gasteiger partial charge in [-0.3, -0.25) is 16.1 Å². The van der Waals surface area contributed by atoms with E-state index in [0.29, 0.717) is 12.5 Å². The predicted octanol–water partition coefficient (Wildman–Crippen LogP) is 0.502. The molecule has 1 rings (SSSR count). The second kappa shape index (κ2) is 7.60. The van der Waals surface area contributed by atoms with E-state index < -0.39 is 0 Å². The zero-order valence-corrected chi connectivity index (χ0v) is 10.8. The molecule has 0 saturated carbocycles. The van der Waals surface area contributed by atoms with Gasteiger partial charge in [-0.25, -0.2) is 0 Å². The molecule has 0 aliphatic carbocycles. The van der Waals surface area contributed by atoms with Gasteiger partial charge in [0.1, 0.15) is 5.60 Å². The summed E-state index contributed by atoms with van der Waals surface area (Å²) in [5, 5.41) is 0. The molecule has 1 heterocycles. The number of hydrogen-bond donors (Lipinski definition) is 2. The molecule has 0 radical (unpaired) electrons. The van der Waals surface area contributed by atoms with E-state index in [1.807, 2.05) is 20.8 Å². The number of hydrogen-bond acceptors (Lipinski definition) is 5. The fourth-order valence-electron chi connectivity index (χ4n) is 1.32. The van der Waals surface area contributed by atoms with Crippen molar-refractivity contribution in [1.82, 2.24) is 10.3 Å². The smallest absolute Gasteiger partial charge is 0.293 e. The molecule has 0 unspecified atom stereocenters. The monoisotopic (exact) mass is 231 g/mol. The maximum Gasteiger partial charge on any atom is 0.293 e. The van der Waals surface area contributed by atoms with E-state index in [-0.39, 0.29) is 5.60 Å². The summed E-state index contributed by atoms with van der Waals surface area (Å²) in [6, 6.07) is 0.557. The van der Waals surface area contributed by atoms with Gasteiger partial charge in [-0.1, -0.05) is 0 Å². The molecule has 0 bridgehead atoms. The minimum atomic E-state index is -0.318. The van der Waals surface area contributed by atoms with Crippen LogP contribution in [0.3, 0.4) is 0 Å². The summed E-state index contributed by atoms with van der Waals surface area (Å²) in [6.07, 6.45) is 2.38. The number of hydrazine groups is 1. The molecular weight excluding hydrogens is 206 g/mol. The summed E-state index contributed by atoms with van der Waals surface area (Å²) in [5.41, 5.74) is 2.48. The Morgan fingerprint density at radius 2 is 1.88 bits per heavy atom. The molecule has 1 aliphatic heterocycles. The maximum absolute atomic E-state index is 9.60. The molecule has 0 aromatic heterocycles. The minimum Gasteiger partial charge on any atom is -0.462 e. The van der Waals surface area contributed by atoms with Crippen LogP contribution in [0.15, 0.2) is 0 Å². The van der Waals surface area contributed by atoms with Gasteiger partial charge >= 0.3 is 0 Å². The predicted molar refractivity (Wildman–Crippen MR) is 64.7 cm³/mol. The second-order valence-corrected chi connectivity index (χ2v) is 5.07. The third-order valence-electron chi connectivity index (χ3n) is 2.36. The summed E-state index contributed by atoms with van der Waals surface area (Å²) in [4.78, 5) is 11.9. The molecule has 5 nitrogen and oxygen atoms in total. The largest absolute Gasteiger partial charge is 0.462 e. The number of piperidine rings is 1. The van der Waals surface area contributed by atoms with Crippen LogP contribution < -0.4 is 11.3 Å². The molecule has 1 saturated heterocycles. The van der Waals surface area contributed by atoms with Crippen LogP contribution in [-0.2, 0) is 9.53 Å². The first-order valence-corrected chi connectivity index (χ1v) is 5.65. The van der Waals surface area contributed by atoms with Crippen LogP contribution in [-0.4, -0.2) is 43.2 Å². The van der Waals surface area contributed by atoms with Crippen molar-refractivity contribution in [3.63, 3.8) is 0 Å². The van der Waals surface area contributed by atoms with E-state index >= 15 is 0 Å². The third kappa shape index (κ3) is 8.64. The molecule has 0 atom stereocenters. The Morgan fingerprint density at radius 3 is 2.12 bits per heavy atom. The Morgan fingerprint density at radius 1 is 1.38 bits per heavy atom. The lowest BCUT2D eigenvalue weighted by Crippen LogP contribution is -2.43. The summed E-state index contributed by atoms with van der Waals surface area (Å²) in [7, 11) is 2.15. The van der Waals surface area contributed by atoms with E-state index in [0.717, 1.165) is 0 Å². The topological polar surface area (TPSA) is 67.6 Å². The standard InChI is InChI=1S/C6H15N3.C5H10O2/c1-9-4-2-6(8-7)3-5-9;1-5(2,3)7-4-6/h6,8H,2-5,7H2,1H3;4H,1-3H3. The zero-order valence-electron chi connectivity index (χ0n) is 10.8. The third-order valence-corrected chi connectivity index (χ3v) is 2.36. The van der Waals surface area contributed by atoms with Gasteiger partial charge in [0.25, 0.3) is 6.47 Å². The van der Waals surface area contributed by atoms with Gasteiger partial charge in [-0.15, -0.1) is 0 Å². The molecule has 1 aliphatic rings. The van der Waals surface area contributed by atoms with Crippen molar-refractivity contribution in [2.24, 2.45) is 5.84 Å². The average Bonchev–Trinajstić information content (AvgIpc) is 2.18. The highest BCUT2D eigenvalue weighted by molar-refractivity contribution is 5.37. The van der Waals surface area contributed by atoms with Crippen molar-refractivity contribution in [2.45, 2.75) is 45.3 Å². The highest BCUT2D eigenvalue weighted by atomic mass is 16.5. The van der Waals surface area contributed by atoms with Gasteiger partial charge < -0.3 is 9.64 Å². The Kier molecular flexibility index (Phi) is 7.29. The number of carbonyl (C=O) groups is 1. The number of likely N-dealkylation sites (tertiary alicyclic amines) is 1. The van der Waals surface area contributed by atoms with Crippen molar-refractivity contribution in [1.29, 1.82) is 0 Å². The first kappa shape index (κ1) is 15.3. The molecule has 1 fully saturated rings. The van der Waals surface area contributed by atoms with E-state index in [4.69, 9.17) is 5.84 Å². The molecule has 96 valence electrons. The van der Waals surface area contributed by atoms with Crippen LogP contribution in [0.1, 0.15) is 33.6 Å². The lowest BCUT2D eigenvalue weighted by Gasteiger charge is -2.28. The minimum absolute atomic E-state index is 0.318. The molecule has 0 aromatic carbocycles. The molecule has 16 heavy (non-hydrogen) atoms. The molecule has 5 heteroatoms. The summed E-state index contributed by atoms with van der Waals surface area (Å²) in [5.74, 6) is 5.28. The molecule has 0 amide bonds. The lowest BCUT2D eigenvalue weighted by atomic mass is 10.1. The Bertz CT molecular complexity index is 184. The van der Waals surface area contributed by atoms with Gasteiger partial charge in [0.2, 0.25) is 0 Å². The van der Waals surface area contributed by atoms with Crippen molar-refractivity contribution >= 4 is 6.47 Å². The van der Waals surface area contributed by atoms with Gasteiger partial charge in [-0.05, 0) is 53.8 Å². The highest BCUT2D eigenvalue weighted by Gasteiger charge is 2.13. The Balaban J connectivity index is 0.000000293. The normalized spacial score (nSPS) is 18.6. The summed E-state index contributed by atoms with van der Waals surface area (Å²) < 4.78 is 4.55. The van der Waals surface area contributed by atoms with Gasteiger partial charge in [0.15, 0.2) is 0 Å². The summed E-state index contributed by atoms with van der Waals surface area (Å²) in [6.45, 7) is 8.27. The molecule has 0 spiro atoms. The van der Waals surface area contributed by atoms with Gasteiger partial charge in [0, 0.05) is 6.04 Å². The average molecular weight is 231 g/mol. The van der Waals surface area contributed by atoms with Crippen molar-refractivity contribution in [3.8, 4) is 0 Å². The SMILES string of the molecule is CC(C)(C)OC=O.CN1CCC(NN)CC1. The molecular formula is C11H25N3O2. The fourth-order valence-corrected chi connectivity index (χ4v) is 1.32. The zero-order chi connectivity index (χ0) is 12.6. The van der Waals surface area contributed by atoms with E-state index in [1.165, 1.54) is 25.9 Å². The molecule has 3 N–H and O–H groups in total. The molecule has 0 aromatic rings. The van der Waals surface area contributed by atoms with E-state index in [2.05, 4.69) is 22.1 Å². The van der Waals surface area contributed by atoms with Crippen LogP contribution in [0.25, 0.3) is 0 Å². The Labute approximate surface area is 98.3 Å². The van der Waals surface area contributed by atoms with Crippen LogP contribution in [0.5, 0.6) is 0 Å². The number of ether oxygens (including phenoxy) is 1. The number of nitrogens with zero attached hydrogens (tertiary/aromatic N) is 1. The Hall–Kier alpha value is -0.650. The van der Waals surface area contributed by atoms with Crippen molar-refractivity contribution in [3.05, 3.63) is 0 Å². The first-order valence-electron chi connectivity index (χ1n) is 5.65. The second-order valence-electron chi connectivity index (χ2n) is 5.07. The van der Waals surface area contributed by atoms with Crippen molar-refractivity contribution in [2.75, 3.05) is 20.1 Å². The summed E-state index contributed by atoms with van der Waals surface area (Å²) >= 11 is 0. The maximum atomic E-state index is 9.60. The number of nitrogens with two attached hydrogens (primary N) is 1. The quantitative estimate of drug-likeness (QED) is 0.411. The highest BCUT2D eigenvalue weighted by Crippen LogP contribution is 2.06. The number of rotatable bonds is 2. The van der Waals surface area contributed by atoms with Crippen molar-refractivity contribution < 1.29 is 9.53 Å². The lowest BCUT2D eigenvalue weighted by molar-refractivity contribution is -0.138. The van der Waals surface area contributed by atoms with Crippen LogP contribution in [0.4, 0.5) is 0 Å². The first-order chi connectivity index (χ1) is 7.39.